The minimum Gasteiger partial charge on any atom is -0.338 e. The molecule has 2 rings (SSSR count). The number of nitrogens with one attached hydrogen (secondary N) is 2. The van der Waals surface area contributed by atoms with Crippen molar-refractivity contribution in [1.29, 1.82) is 0 Å². The van der Waals surface area contributed by atoms with Gasteiger partial charge in [0, 0.05) is 12.6 Å². The van der Waals surface area contributed by atoms with Crippen LogP contribution in [0.3, 0.4) is 0 Å². The van der Waals surface area contributed by atoms with E-state index in [4.69, 9.17) is 0 Å². The van der Waals surface area contributed by atoms with Gasteiger partial charge in [-0.15, -0.1) is 0 Å². The molecule has 3 nitrogen and oxygen atoms in total. The Kier molecular flexibility index (Phi) is 4.82. The second-order valence-electron chi connectivity index (χ2n) is 4.92. The summed E-state index contributed by atoms with van der Waals surface area (Å²) in [5.41, 5.74) is 0. The summed E-state index contributed by atoms with van der Waals surface area (Å²) in [5, 5.41) is 6.09. The van der Waals surface area contributed by atoms with Gasteiger partial charge in [0.2, 0.25) is 0 Å². The van der Waals surface area contributed by atoms with E-state index in [1.54, 1.807) is 0 Å². The summed E-state index contributed by atoms with van der Waals surface area (Å²) >= 11 is 2.00. The Morgan fingerprint density at radius 3 is 2.69 bits per heavy atom. The summed E-state index contributed by atoms with van der Waals surface area (Å²) in [6.07, 6.45) is 7.45. The summed E-state index contributed by atoms with van der Waals surface area (Å²) in [5.74, 6) is 3.17. The van der Waals surface area contributed by atoms with Gasteiger partial charge in [-0.25, -0.2) is 4.79 Å². The fourth-order valence-corrected chi connectivity index (χ4v) is 3.75. The predicted octanol–water partition coefficient (Wildman–Crippen LogP) is 2.37. The van der Waals surface area contributed by atoms with Crippen LogP contribution < -0.4 is 10.6 Å². The molecule has 1 aliphatic heterocycles. The summed E-state index contributed by atoms with van der Waals surface area (Å²) in [6, 6.07) is 0.468. The molecular formula is C12H22N2OS. The van der Waals surface area contributed by atoms with Gasteiger partial charge in [0.05, 0.1) is 0 Å². The number of urea groups is 1. The zero-order chi connectivity index (χ0) is 11.2. The van der Waals surface area contributed by atoms with Crippen LogP contribution in [-0.2, 0) is 0 Å². The molecule has 2 fully saturated rings. The highest BCUT2D eigenvalue weighted by atomic mass is 32.2. The maximum Gasteiger partial charge on any atom is 0.315 e. The normalized spacial score (nSPS) is 26.6. The quantitative estimate of drug-likeness (QED) is 0.798. The van der Waals surface area contributed by atoms with E-state index in [0.717, 1.165) is 19.4 Å². The SMILES string of the molecule is O=C(NCC1CCSC1)NC1CCCCC1. The molecule has 1 unspecified atom stereocenters. The van der Waals surface area contributed by atoms with Crippen molar-refractivity contribution in [3.05, 3.63) is 0 Å². The van der Waals surface area contributed by atoms with Crippen LogP contribution in [-0.4, -0.2) is 30.1 Å². The van der Waals surface area contributed by atoms with E-state index >= 15 is 0 Å². The van der Waals surface area contributed by atoms with E-state index in [9.17, 15) is 4.79 Å². The number of carbonyl (C=O) groups excluding carboxylic acids is 1. The molecular weight excluding hydrogens is 220 g/mol. The summed E-state index contributed by atoms with van der Waals surface area (Å²) in [4.78, 5) is 11.6. The Bertz CT molecular complexity index is 223. The van der Waals surface area contributed by atoms with Gasteiger partial charge in [-0.05, 0) is 36.7 Å². The number of hydrogen-bond acceptors (Lipinski definition) is 2. The first kappa shape index (κ1) is 12.1. The van der Waals surface area contributed by atoms with Crippen molar-refractivity contribution in [1.82, 2.24) is 10.6 Å². The highest BCUT2D eigenvalue weighted by Crippen LogP contribution is 2.22. The Balaban J connectivity index is 1.59. The molecule has 0 spiro atoms. The Hall–Kier alpha value is -0.380. The van der Waals surface area contributed by atoms with Crippen LogP contribution in [0, 0.1) is 5.92 Å². The highest BCUT2D eigenvalue weighted by Gasteiger charge is 2.18. The molecule has 1 saturated heterocycles. The lowest BCUT2D eigenvalue weighted by Gasteiger charge is -2.23. The molecule has 1 heterocycles. The summed E-state index contributed by atoms with van der Waals surface area (Å²) in [7, 11) is 0. The van der Waals surface area contributed by atoms with Gasteiger partial charge in [-0.3, -0.25) is 0 Å². The van der Waals surface area contributed by atoms with Crippen LogP contribution >= 0.6 is 11.8 Å². The standard InChI is InChI=1S/C12H22N2OS/c15-12(13-8-10-6-7-16-9-10)14-11-4-2-1-3-5-11/h10-11H,1-9H2,(H2,13,14,15). The molecule has 0 radical (unpaired) electrons. The average Bonchev–Trinajstić information content (AvgIpc) is 2.81. The van der Waals surface area contributed by atoms with Crippen LogP contribution in [0.25, 0.3) is 0 Å². The monoisotopic (exact) mass is 242 g/mol. The molecule has 4 heteroatoms. The molecule has 0 bridgehead atoms. The Morgan fingerprint density at radius 1 is 1.19 bits per heavy atom. The second kappa shape index (κ2) is 6.38. The van der Waals surface area contributed by atoms with E-state index < -0.39 is 0 Å². The first-order valence-electron chi connectivity index (χ1n) is 6.46. The topological polar surface area (TPSA) is 41.1 Å². The highest BCUT2D eigenvalue weighted by molar-refractivity contribution is 7.99. The van der Waals surface area contributed by atoms with Crippen molar-refractivity contribution in [3.63, 3.8) is 0 Å². The average molecular weight is 242 g/mol. The zero-order valence-electron chi connectivity index (χ0n) is 9.84. The van der Waals surface area contributed by atoms with E-state index in [-0.39, 0.29) is 6.03 Å². The van der Waals surface area contributed by atoms with Crippen LogP contribution in [0.5, 0.6) is 0 Å². The van der Waals surface area contributed by atoms with Crippen molar-refractivity contribution in [2.24, 2.45) is 5.92 Å². The first-order valence-corrected chi connectivity index (χ1v) is 7.62. The smallest absolute Gasteiger partial charge is 0.315 e. The third-order valence-electron chi connectivity index (χ3n) is 3.52. The van der Waals surface area contributed by atoms with E-state index in [1.807, 2.05) is 11.8 Å². The number of carbonyl (C=O) groups is 1. The van der Waals surface area contributed by atoms with Gasteiger partial charge in [0.25, 0.3) is 0 Å². The Morgan fingerprint density at radius 2 is 2.00 bits per heavy atom. The predicted molar refractivity (Wildman–Crippen MR) is 68.8 cm³/mol. The molecule has 0 aromatic rings. The van der Waals surface area contributed by atoms with E-state index in [1.165, 1.54) is 37.2 Å². The largest absolute Gasteiger partial charge is 0.338 e. The molecule has 2 aliphatic rings. The van der Waals surface area contributed by atoms with Gasteiger partial charge in [-0.1, -0.05) is 19.3 Å². The molecule has 2 amide bonds. The molecule has 0 aromatic heterocycles. The fourth-order valence-electron chi connectivity index (χ4n) is 2.46. The van der Waals surface area contributed by atoms with Crippen molar-refractivity contribution in [2.75, 3.05) is 18.1 Å². The summed E-state index contributed by atoms with van der Waals surface area (Å²) < 4.78 is 0. The van der Waals surface area contributed by atoms with Crippen molar-refractivity contribution < 1.29 is 4.79 Å². The van der Waals surface area contributed by atoms with Crippen molar-refractivity contribution >= 4 is 17.8 Å². The van der Waals surface area contributed by atoms with Gasteiger partial charge in [0.15, 0.2) is 0 Å². The van der Waals surface area contributed by atoms with Crippen LogP contribution in [0.15, 0.2) is 0 Å². The molecule has 0 aromatic carbocycles. The lowest BCUT2D eigenvalue weighted by atomic mass is 9.96. The number of rotatable bonds is 3. The van der Waals surface area contributed by atoms with Crippen LogP contribution in [0.1, 0.15) is 38.5 Å². The van der Waals surface area contributed by atoms with Gasteiger partial charge >= 0.3 is 6.03 Å². The van der Waals surface area contributed by atoms with Crippen LogP contribution in [0.4, 0.5) is 4.79 Å². The molecule has 16 heavy (non-hydrogen) atoms. The Labute approximate surface area is 102 Å². The minimum atomic E-state index is 0.0452. The fraction of sp³-hybridized carbons (Fsp3) is 0.917. The zero-order valence-corrected chi connectivity index (χ0v) is 10.7. The van der Waals surface area contributed by atoms with Crippen LogP contribution in [0.2, 0.25) is 0 Å². The number of amides is 2. The van der Waals surface area contributed by atoms with Crippen molar-refractivity contribution in [3.8, 4) is 0 Å². The van der Waals surface area contributed by atoms with E-state index in [2.05, 4.69) is 10.6 Å². The molecule has 2 N–H and O–H groups in total. The molecule has 92 valence electrons. The lowest BCUT2D eigenvalue weighted by molar-refractivity contribution is 0.231. The van der Waals surface area contributed by atoms with Gasteiger partial charge in [0.1, 0.15) is 0 Å². The maximum absolute atomic E-state index is 11.6. The maximum atomic E-state index is 11.6. The number of thioether (sulfide) groups is 1. The second-order valence-corrected chi connectivity index (χ2v) is 6.07. The first-order chi connectivity index (χ1) is 7.84. The van der Waals surface area contributed by atoms with E-state index in [0.29, 0.717) is 12.0 Å². The third kappa shape index (κ3) is 3.89. The van der Waals surface area contributed by atoms with Crippen molar-refractivity contribution in [2.45, 2.75) is 44.6 Å². The van der Waals surface area contributed by atoms with Gasteiger partial charge in [-0.2, -0.15) is 11.8 Å². The summed E-state index contributed by atoms with van der Waals surface area (Å²) in [6.45, 7) is 0.853. The molecule has 1 aliphatic carbocycles. The molecule has 1 atom stereocenters. The molecule has 1 saturated carbocycles. The lowest BCUT2D eigenvalue weighted by Crippen LogP contribution is -2.44. The third-order valence-corrected chi connectivity index (χ3v) is 4.75. The van der Waals surface area contributed by atoms with Gasteiger partial charge < -0.3 is 10.6 Å². The number of hydrogen-bond donors (Lipinski definition) is 2. The minimum absolute atomic E-state index is 0.0452.